The van der Waals surface area contributed by atoms with Crippen LogP contribution in [0.25, 0.3) is 0 Å². The molecule has 2 N–H and O–H groups in total. The van der Waals surface area contributed by atoms with E-state index < -0.39 is 34.2 Å². The molecule has 1 saturated heterocycles. The topological polar surface area (TPSA) is 146 Å². The highest BCUT2D eigenvalue weighted by Crippen LogP contribution is 2.24. The number of ether oxygens (including phenoxy) is 2. The molecule has 1 aromatic carbocycles. The highest BCUT2D eigenvalue weighted by Gasteiger charge is 2.32. The summed E-state index contributed by atoms with van der Waals surface area (Å²) in [4.78, 5) is 39.7. The molecule has 1 aromatic rings. The number of sulfonamides is 1. The summed E-state index contributed by atoms with van der Waals surface area (Å²) in [5.41, 5.74) is -0.579. The van der Waals surface area contributed by atoms with E-state index >= 15 is 0 Å². The van der Waals surface area contributed by atoms with Gasteiger partial charge in [0.1, 0.15) is 11.4 Å². The number of piperidine rings is 1. The van der Waals surface area contributed by atoms with Crippen molar-refractivity contribution in [2.24, 2.45) is 5.92 Å². The Kier molecular flexibility index (Phi) is 12.0. The minimum Gasteiger partial charge on any atom is -0.497 e. The Bertz CT molecular complexity index is 1160. The number of likely N-dealkylation sites (tertiary alicyclic amines) is 1. The molecule has 1 aliphatic carbocycles. The van der Waals surface area contributed by atoms with Crippen molar-refractivity contribution in [3.05, 3.63) is 24.3 Å². The first-order valence-corrected chi connectivity index (χ1v) is 16.1. The first-order chi connectivity index (χ1) is 19.8. The second-order valence-corrected chi connectivity index (χ2v) is 13.9. The Balaban J connectivity index is 1.60. The number of benzene rings is 1. The van der Waals surface area contributed by atoms with Gasteiger partial charge in [0, 0.05) is 32.6 Å². The fourth-order valence-corrected chi connectivity index (χ4v) is 6.63. The number of carbonyl (C=O) groups excluding carboxylic acids is 3. The smallest absolute Gasteiger partial charge is 0.407 e. The summed E-state index contributed by atoms with van der Waals surface area (Å²) in [5, 5.41) is 14.0. The minimum absolute atomic E-state index is 0.0380. The Hall–Kier alpha value is -2.90. The number of methoxy groups -OCH3 is 1. The lowest BCUT2D eigenvalue weighted by molar-refractivity contribution is -0.178. The molecule has 0 radical (unpaired) electrons. The van der Waals surface area contributed by atoms with Crippen molar-refractivity contribution in [1.29, 1.82) is 0 Å². The third kappa shape index (κ3) is 9.84. The van der Waals surface area contributed by atoms with Crippen molar-refractivity contribution in [3.8, 4) is 5.75 Å². The third-order valence-electron chi connectivity index (χ3n) is 7.66. The van der Waals surface area contributed by atoms with E-state index in [0.717, 1.165) is 23.6 Å². The van der Waals surface area contributed by atoms with Crippen LogP contribution < -0.4 is 10.1 Å². The molecular weight excluding hydrogens is 564 g/mol. The van der Waals surface area contributed by atoms with Gasteiger partial charge in [-0.15, -0.1) is 0 Å². The normalized spacial score (nSPS) is 17.1. The Labute approximate surface area is 249 Å². The van der Waals surface area contributed by atoms with Crippen molar-refractivity contribution in [2.45, 2.75) is 88.7 Å². The van der Waals surface area contributed by atoms with Gasteiger partial charge in [0.15, 0.2) is 0 Å². The molecule has 3 rings (SSSR count). The van der Waals surface area contributed by atoms with Crippen LogP contribution in [0, 0.1) is 5.92 Å². The van der Waals surface area contributed by atoms with E-state index in [-0.39, 0.29) is 35.7 Å². The molecule has 3 amide bonds. The number of amides is 3. The highest BCUT2D eigenvalue weighted by atomic mass is 32.2. The zero-order chi connectivity index (χ0) is 30.9. The lowest BCUT2D eigenvalue weighted by atomic mass is 9.95. The maximum Gasteiger partial charge on any atom is 0.407 e. The quantitative estimate of drug-likeness (QED) is 0.287. The molecule has 0 spiro atoms. The van der Waals surface area contributed by atoms with Gasteiger partial charge in [0.2, 0.25) is 15.9 Å². The fourth-order valence-electron chi connectivity index (χ4n) is 5.24. The van der Waals surface area contributed by atoms with Crippen LogP contribution >= 0.6 is 0 Å². The summed E-state index contributed by atoms with van der Waals surface area (Å²) >= 11 is 0. The van der Waals surface area contributed by atoms with E-state index in [1.807, 2.05) is 0 Å². The molecule has 1 saturated carbocycles. The van der Waals surface area contributed by atoms with Gasteiger partial charge in [0.05, 0.1) is 24.6 Å². The number of hydroxylamine groups is 2. The molecule has 0 unspecified atom stereocenters. The SMILES string of the molecule is COc1ccc(S(=O)(=O)N(CCC(=O)N2CCC(CNC(=O)OC(C)(C)C)CC2)CC(=O)N(O)C2CCCCC2)cc1. The summed E-state index contributed by atoms with van der Waals surface area (Å²) in [7, 11) is -2.68. The standard InChI is InChI=1S/C29H46N4O8S/c1-29(2,3)41-28(36)30-20-22-14-17-31(18-15-22)26(34)16-19-32(21-27(35)33(37)23-8-6-5-7-9-23)42(38,39)25-12-10-24(40-4)11-13-25/h10-13,22-23,37H,5-9,14-21H2,1-4H3,(H,30,36). The number of rotatable bonds is 11. The lowest BCUT2D eigenvalue weighted by Crippen LogP contribution is -2.47. The van der Waals surface area contributed by atoms with Gasteiger partial charge < -0.3 is 19.7 Å². The summed E-state index contributed by atoms with van der Waals surface area (Å²) in [6.45, 7) is 6.02. The molecule has 0 atom stereocenters. The Morgan fingerprint density at radius 1 is 1.02 bits per heavy atom. The molecule has 42 heavy (non-hydrogen) atoms. The number of hydrogen-bond acceptors (Lipinski definition) is 8. The Morgan fingerprint density at radius 3 is 2.21 bits per heavy atom. The second-order valence-electron chi connectivity index (χ2n) is 12.0. The van der Waals surface area contributed by atoms with Crippen LogP contribution in [-0.2, 0) is 24.3 Å². The van der Waals surface area contributed by atoms with Crippen molar-refractivity contribution in [2.75, 3.05) is 39.8 Å². The molecule has 0 aromatic heterocycles. The number of nitrogens with zero attached hydrogens (tertiary/aromatic N) is 3. The van der Waals surface area contributed by atoms with Crippen molar-refractivity contribution in [1.82, 2.24) is 19.6 Å². The van der Waals surface area contributed by atoms with E-state index in [1.54, 1.807) is 25.7 Å². The molecule has 2 aliphatic rings. The number of hydrogen-bond donors (Lipinski definition) is 2. The van der Waals surface area contributed by atoms with E-state index in [4.69, 9.17) is 9.47 Å². The van der Waals surface area contributed by atoms with Crippen LogP contribution in [-0.4, -0.2) is 97.3 Å². The van der Waals surface area contributed by atoms with Gasteiger partial charge in [-0.1, -0.05) is 19.3 Å². The largest absolute Gasteiger partial charge is 0.497 e. The van der Waals surface area contributed by atoms with Crippen LogP contribution in [0.3, 0.4) is 0 Å². The summed E-state index contributed by atoms with van der Waals surface area (Å²) in [6.07, 6.45) is 4.94. The van der Waals surface area contributed by atoms with Gasteiger partial charge in [-0.3, -0.25) is 14.8 Å². The van der Waals surface area contributed by atoms with Crippen LogP contribution in [0.1, 0.15) is 72.1 Å². The summed E-state index contributed by atoms with van der Waals surface area (Å²) in [6, 6.07) is 5.47. The summed E-state index contributed by atoms with van der Waals surface area (Å²) < 4.78 is 38.5. The predicted molar refractivity (Wildman–Crippen MR) is 155 cm³/mol. The predicted octanol–water partition coefficient (Wildman–Crippen LogP) is 3.39. The van der Waals surface area contributed by atoms with Gasteiger partial charge in [-0.2, -0.15) is 4.31 Å². The van der Waals surface area contributed by atoms with Crippen LogP contribution in [0.5, 0.6) is 5.75 Å². The summed E-state index contributed by atoms with van der Waals surface area (Å²) in [5.74, 6) is -0.259. The average molecular weight is 611 g/mol. The van der Waals surface area contributed by atoms with Gasteiger partial charge in [-0.05, 0) is 76.6 Å². The zero-order valence-electron chi connectivity index (χ0n) is 25.2. The van der Waals surface area contributed by atoms with Crippen LogP contribution in [0.2, 0.25) is 0 Å². The van der Waals surface area contributed by atoms with E-state index in [1.165, 1.54) is 31.4 Å². The average Bonchev–Trinajstić information content (AvgIpc) is 2.97. The number of carbonyl (C=O) groups is 3. The van der Waals surface area contributed by atoms with Crippen LogP contribution in [0.4, 0.5) is 4.79 Å². The number of alkyl carbamates (subject to hydrolysis) is 1. The van der Waals surface area contributed by atoms with Crippen LogP contribution in [0.15, 0.2) is 29.2 Å². The first kappa shape index (κ1) is 33.6. The number of nitrogens with one attached hydrogen (secondary N) is 1. The highest BCUT2D eigenvalue weighted by molar-refractivity contribution is 7.89. The fraction of sp³-hybridized carbons (Fsp3) is 0.690. The molecule has 236 valence electrons. The second kappa shape index (κ2) is 15.0. The maximum atomic E-state index is 13.6. The lowest BCUT2D eigenvalue weighted by Gasteiger charge is -2.33. The molecular formula is C29H46N4O8S. The molecule has 13 heteroatoms. The zero-order valence-corrected chi connectivity index (χ0v) is 26.0. The minimum atomic E-state index is -4.15. The molecule has 0 bridgehead atoms. The monoisotopic (exact) mass is 610 g/mol. The molecule has 1 heterocycles. The first-order valence-electron chi connectivity index (χ1n) is 14.7. The van der Waals surface area contributed by atoms with Crippen molar-refractivity contribution in [3.63, 3.8) is 0 Å². The van der Waals surface area contributed by atoms with E-state index in [9.17, 15) is 28.0 Å². The van der Waals surface area contributed by atoms with Crippen molar-refractivity contribution >= 4 is 27.9 Å². The Morgan fingerprint density at radius 2 is 1.64 bits per heavy atom. The van der Waals surface area contributed by atoms with Crippen molar-refractivity contribution < 1.29 is 37.5 Å². The molecule has 2 fully saturated rings. The third-order valence-corrected chi connectivity index (χ3v) is 9.52. The van der Waals surface area contributed by atoms with E-state index in [2.05, 4.69) is 5.32 Å². The van der Waals surface area contributed by atoms with E-state index in [0.29, 0.717) is 56.1 Å². The molecule has 12 nitrogen and oxygen atoms in total. The molecule has 1 aliphatic heterocycles. The maximum absolute atomic E-state index is 13.6. The van der Waals surface area contributed by atoms with Gasteiger partial charge in [0.25, 0.3) is 5.91 Å². The van der Waals surface area contributed by atoms with Gasteiger partial charge in [-0.25, -0.2) is 18.3 Å². The van der Waals surface area contributed by atoms with Gasteiger partial charge >= 0.3 is 6.09 Å².